The van der Waals surface area contributed by atoms with Crippen molar-refractivity contribution in [2.75, 3.05) is 6.61 Å². The van der Waals surface area contributed by atoms with E-state index in [0.717, 1.165) is 4.90 Å². The molecule has 4 nitrogen and oxygen atoms in total. The monoisotopic (exact) mass is 335 g/mol. The number of imide groups is 1. The van der Waals surface area contributed by atoms with Gasteiger partial charge in [-0.3, -0.25) is 14.5 Å². The molecule has 2 amide bonds. The lowest BCUT2D eigenvalue weighted by molar-refractivity contribution is -0.130. The molecule has 0 fully saturated rings. The highest BCUT2D eigenvalue weighted by Gasteiger charge is 2.29. The third-order valence-corrected chi connectivity index (χ3v) is 3.95. The zero-order valence-electron chi connectivity index (χ0n) is 11.4. The molecule has 0 aliphatic carbocycles. The van der Waals surface area contributed by atoms with Crippen LogP contribution < -0.4 is 4.74 Å². The zero-order valence-corrected chi connectivity index (χ0v) is 12.9. The van der Waals surface area contributed by atoms with Crippen LogP contribution in [0.5, 0.6) is 5.75 Å². The minimum absolute atomic E-state index is 0.0748. The molecule has 2 aromatic rings. The van der Waals surface area contributed by atoms with Crippen LogP contribution in [0, 0.1) is 0 Å². The maximum Gasteiger partial charge on any atom is 0.267 e. The summed E-state index contributed by atoms with van der Waals surface area (Å²) in [5.74, 6) is -0.401. The molecule has 2 aromatic carbocycles. The van der Waals surface area contributed by atoms with E-state index in [1.54, 1.807) is 42.5 Å². The highest BCUT2D eigenvalue weighted by atomic mass is 35.5. The van der Waals surface area contributed by atoms with Gasteiger partial charge in [0.2, 0.25) is 0 Å². The molecule has 0 radical (unpaired) electrons. The van der Waals surface area contributed by atoms with Crippen molar-refractivity contribution in [2.24, 2.45) is 0 Å². The number of amides is 2. The van der Waals surface area contributed by atoms with Crippen molar-refractivity contribution < 1.29 is 14.3 Å². The van der Waals surface area contributed by atoms with Crippen LogP contribution in [0.25, 0.3) is 0 Å². The Bertz CT molecular complexity index is 761. The minimum Gasteiger partial charge on any atom is -0.483 e. The van der Waals surface area contributed by atoms with Crippen molar-refractivity contribution in [2.45, 2.75) is 6.54 Å². The standard InChI is InChI=1S/C16H11Cl2NO3/c17-11-6-5-10(13(18)7-11)8-19-15(20)9-22-14-4-2-1-3-12(14)16(19)21/h1-7H,8-9H2. The quantitative estimate of drug-likeness (QED) is 0.788. The van der Waals surface area contributed by atoms with E-state index in [-0.39, 0.29) is 13.2 Å². The second-order valence-corrected chi connectivity index (χ2v) is 5.65. The van der Waals surface area contributed by atoms with Crippen LogP contribution in [0.2, 0.25) is 10.0 Å². The van der Waals surface area contributed by atoms with E-state index in [1.807, 2.05) is 0 Å². The number of rotatable bonds is 2. The lowest BCUT2D eigenvalue weighted by Gasteiger charge is -2.19. The van der Waals surface area contributed by atoms with Crippen LogP contribution in [0.1, 0.15) is 15.9 Å². The third kappa shape index (κ3) is 2.80. The summed E-state index contributed by atoms with van der Waals surface area (Å²) in [4.78, 5) is 25.9. The van der Waals surface area contributed by atoms with Gasteiger partial charge in [-0.1, -0.05) is 41.4 Å². The first-order valence-electron chi connectivity index (χ1n) is 6.56. The van der Waals surface area contributed by atoms with Crippen molar-refractivity contribution >= 4 is 35.0 Å². The number of nitrogens with zero attached hydrogens (tertiary/aromatic N) is 1. The number of hydrogen-bond donors (Lipinski definition) is 0. The van der Waals surface area contributed by atoms with E-state index in [4.69, 9.17) is 27.9 Å². The number of halogens is 2. The van der Waals surface area contributed by atoms with Gasteiger partial charge in [-0.15, -0.1) is 0 Å². The van der Waals surface area contributed by atoms with Gasteiger partial charge in [0.1, 0.15) is 5.75 Å². The molecule has 3 rings (SSSR count). The van der Waals surface area contributed by atoms with Crippen molar-refractivity contribution in [3.8, 4) is 5.75 Å². The molecular formula is C16H11Cl2NO3. The Morgan fingerprint density at radius 3 is 2.64 bits per heavy atom. The Hall–Kier alpha value is -2.04. The summed E-state index contributed by atoms with van der Waals surface area (Å²) in [5.41, 5.74) is 1.01. The normalized spacial score (nSPS) is 14.4. The van der Waals surface area contributed by atoms with Gasteiger partial charge in [-0.25, -0.2) is 0 Å². The first-order valence-corrected chi connectivity index (χ1v) is 7.32. The van der Waals surface area contributed by atoms with Crippen molar-refractivity contribution in [1.82, 2.24) is 4.90 Å². The number of hydrogen-bond acceptors (Lipinski definition) is 3. The topological polar surface area (TPSA) is 46.6 Å². The van der Waals surface area contributed by atoms with Gasteiger partial charge in [-0.05, 0) is 29.8 Å². The molecule has 1 aliphatic heterocycles. The second-order valence-electron chi connectivity index (χ2n) is 4.81. The number of carbonyl (C=O) groups is 2. The van der Waals surface area contributed by atoms with E-state index in [0.29, 0.717) is 26.9 Å². The lowest BCUT2D eigenvalue weighted by Crippen LogP contribution is -2.37. The van der Waals surface area contributed by atoms with Crippen molar-refractivity contribution in [3.05, 3.63) is 63.6 Å². The van der Waals surface area contributed by atoms with Gasteiger partial charge in [0.25, 0.3) is 11.8 Å². The molecule has 0 N–H and O–H groups in total. The fourth-order valence-electron chi connectivity index (χ4n) is 2.23. The Morgan fingerprint density at radius 2 is 1.86 bits per heavy atom. The summed E-state index contributed by atoms with van der Waals surface area (Å²) in [7, 11) is 0. The summed E-state index contributed by atoms with van der Waals surface area (Å²) >= 11 is 12.0. The smallest absolute Gasteiger partial charge is 0.267 e. The summed E-state index contributed by atoms with van der Waals surface area (Å²) in [6, 6.07) is 11.7. The first kappa shape index (κ1) is 14.9. The van der Waals surface area contributed by atoms with Gasteiger partial charge in [-0.2, -0.15) is 0 Å². The van der Waals surface area contributed by atoms with Crippen LogP contribution in [0.4, 0.5) is 0 Å². The Morgan fingerprint density at radius 1 is 1.09 bits per heavy atom. The largest absolute Gasteiger partial charge is 0.483 e. The molecule has 0 saturated carbocycles. The Kier molecular flexibility index (Phi) is 4.05. The van der Waals surface area contributed by atoms with Gasteiger partial charge in [0.15, 0.2) is 6.61 Å². The summed E-state index contributed by atoms with van der Waals surface area (Å²) in [6.07, 6.45) is 0. The molecule has 1 heterocycles. The van der Waals surface area contributed by atoms with Crippen LogP contribution in [0.3, 0.4) is 0 Å². The van der Waals surface area contributed by atoms with E-state index >= 15 is 0 Å². The highest BCUT2D eigenvalue weighted by molar-refractivity contribution is 6.35. The molecule has 6 heteroatoms. The fourth-order valence-corrected chi connectivity index (χ4v) is 2.69. The van der Waals surface area contributed by atoms with Gasteiger partial charge in [0, 0.05) is 10.0 Å². The van der Waals surface area contributed by atoms with Gasteiger partial charge >= 0.3 is 0 Å². The lowest BCUT2D eigenvalue weighted by atomic mass is 10.1. The number of para-hydroxylation sites is 1. The zero-order chi connectivity index (χ0) is 15.7. The molecule has 112 valence electrons. The molecule has 0 spiro atoms. The summed E-state index contributed by atoms with van der Waals surface area (Å²) in [5, 5.41) is 0.905. The molecule has 0 aromatic heterocycles. The number of carbonyl (C=O) groups excluding carboxylic acids is 2. The third-order valence-electron chi connectivity index (χ3n) is 3.36. The van der Waals surface area contributed by atoms with E-state index in [9.17, 15) is 9.59 Å². The molecule has 0 unspecified atom stereocenters. The summed E-state index contributed by atoms with van der Waals surface area (Å²) < 4.78 is 5.38. The van der Waals surface area contributed by atoms with Crippen LogP contribution >= 0.6 is 23.2 Å². The van der Waals surface area contributed by atoms with E-state index < -0.39 is 11.8 Å². The van der Waals surface area contributed by atoms with E-state index in [1.165, 1.54) is 0 Å². The molecule has 1 aliphatic rings. The van der Waals surface area contributed by atoms with Gasteiger partial charge in [0.05, 0.1) is 12.1 Å². The average molecular weight is 336 g/mol. The molecule has 0 saturated heterocycles. The van der Waals surface area contributed by atoms with Crippen molar-refractivity contribution in [3.63, 3.8) is 0 Å². The maximum atomic E-state index is 12.6. The van der Waals surface area contributed by atoms with Crippen LogP contribution in [0.15, 0.2) is 42.5 Å². The van der Waals surface area contributed by atoms with E-state index in [2.05, 4.69) is 0 Å². The summed E-state index contributed by atoms with van der Waals surface area (Å²) in [6.45, 7) is -0.112. The molecule has 22 heavy (non-hydrogen) atoms. The highest BCUT2D eigenvalue weighted by Crippen LogP contribution is 2.26. The average Bonchev–Trinajstić information content (AvgIpc) is 2.62. The number of fused-ring (bicyclic) bond motifs is 1. The van der Waals surface area contributed by atoms with Crippen molar-refractivity contribution in [1.29, 1.82) is 0 Å². The van der Waals surface area contributed by atoms with Gasteiger partial charge < -0.3 is 4.74 Å². The maximum absolute atomic E-state index is 12.6. The number of benzene rings is 2. The second kappa shape index (κ2) is 5.99. The predicted molar refractivity (Wildman–Crippen MR) is 83.3 cm³/mol. The first-order chi connectivity index (χ1) is 10.6. The van der Waals surface area contributed by atoms with Crippen LogP contribution in [-0.2, 0) is 11.3 Å². The molecule has 0 bridgehead atoms. The molecular weight excluding hydrogens is 325 g/mol. The minimum atomic E-state index is -0.410. The predicted octanol–water partition coefficient (Wildman–Crippen LogP) is 3.55. The SMILES string of the molecule is O=C1COc2ccccc2C(=O)N1Cc1ccc(Cl)cc1Cl. The Labute approximate surface area is 137 Å². The fraction of sp³-hybridized carbons (Fsp3) is 0.125. The molecule has 0 atom stereocenters. The Balaban J connectivity index is 1.95. The van der Waals surface area contributed by atoms with Crippen LogP contribution in [-0.4, -0.2) is 23.3 Å². The number of ether oxygens (including phenoxy) is 1.